The van der Waals surface area contributed by atoms with Crippen LogP contribution in [-0.2, 0) is 17.6 Å². The van der Waals surface area contributed by atoms with Crippen LogP contribution in [0.4, 0.5) is 4.39 Å². The minimum absolute atomic E-state index is 0.0149. The first-order chi connectivity index (χ1) is 11.1. The van der Waals surface area contributed by atoms with Crippen molar-refractivity contribution in [3.05, 3.63) is 71.0 Å². The number of benzene rings is 2. The highest BCUT2D eigenvalue weighted by atomic mass is 19.1. The molecule has 118 valence electrons. The van der Waals surface area contributed by atoms with Crippen molar-refractivity contribution < 1.29 is 14.0 Å². The van der Waals surface area contributed by atoms with Gasteiger partial charge in [-0.3, -0.25) is 9.59 Å². The summed E-state index contributed by atoms with van der Waals surface area (Å²) < 4.78 is 13.5. The molecule has 1 N–H and O–H groups in total. The monoisotopic (exact) mass is 311 g/mol. The topological polar surface area (TPSA) is 46.2 Å². The SMILES string of the molecule is O=C1CC(C(=O)NCCc2ccccc2F)Cc2ccccc21. The fraction of sp³-hybridized carbons (Fsp3) is 0.263. The Bertz CT molecular complexity index is 742. The van der Waals surface area contributed by atoms with Gasteiger partial charge in [0.2, 0.25) is 5.91 Å². The lowest BCUT2D eigenvalue weighted by Gasteiger charge is -2.22. The molecule has 0 radical (unpaired) electrons. The molecule has 1 amide bonds. The zero-order chi connectivity index (χ0) is 16.2. The summed E-state index contributed by atoms with van der Waals surface area (Å²) in [5.41, 5.74) is 2.23. The van der Waals surface area contributed by atoms with Gasteiger partial charge in [0.05, 0.1) is 0 Å². The molecule has 3 nitrogen and oxygen atoms in total. The van der Waals surface area contributed by atoms with Gasteiger partial charge in [-0.15, -0.1) is 0 Å². The van der Waals surface area contributed by atoms with Gasteiger partial charge in [0, 0.05) is 24.4 Å². The van der Waals surface area contributed by atoms with Crippen LogP contribution in [0.1, 0.15) is 27.9 Å². The van der Waals surface area contributed by atoms with Crippen LogP contribution >= 0.6 is 0 Å². The van der Waals surface area contributed by atoms with Crippen LogP contribution in [0.3, 0.4) is 0 Å². The number of carbonyl (C=O) groups is 2. The van der Waals surface area contributed by atoms with Gasteiger partial charge in [-0.25, -0.2) is 4.39 Å². The normalized spacial score (nSPS) is 16.7. The molecule has 0 bridgehead atoms. The van der Waals surface area contributed by atoms with Crippen molar-refractivity contribution in [1.29, 1.82) is 0 Å². The second-order valence-electron chi connectivity index (χ2n) is 5.82. The maximum Gasteiger partial charge on any atom is 0.223 e. The van der Waals surface area contributed by atoms with Crippen molar-refractivity contribution in [2.75, 3.05) is 6.54 Å². The lowest BCUT2D eigenvalue weighted by atomic mass is 9.82. The second-order valence-corrected chi connectivity index (χ2v) is 5.82. The second kappa shape index (κ2) is 6.73. The maximum absolute atomic E-state index is 13.5. The van der Waals surface area contributed by atoms with E-state index in [1.807, 2.05) is 24.3 Å². The Kier molecular flexibility index (Phi) is 4.51. The Labute approximate surface area is 134 Å². The zero-order valence-electron chi connectivity index (χ0n) is 12.7. The summed E-state index contributed by atoms with van der Waals surface area (Å²) in [6.45, 7) is 0.367. The number of amides is 1. The number of ketones is 1. The maximum atomic E-state index is 13.5. The van der Waals surface area contributed by atoms with E-state index in [1.165, 1.54) is 6.07 Å². The molecule has 1 unspecified atom stereocenters. The van der Waals surface area contributed by atoms with E-state index in [1.54, 1.807) is 18.2 Å². The molecular formula is C19H18FNO2. The number of nitrogens with one attached hydrogen (secondary N) is 1. The lowest BCUT2D eigenvalue weighted by molar-refractivity contribution is -0.125. The molecule has 4 heteroatoms. The summed E-state index contributed by atoms with van der Waals surface area (Å²) in [5.74, 6) is -0.716. The van der Waals surface area contributed by atoms with Crippen molar-refractivity contribution in [1.82, 2.24) is 5.32 Å². The van der Waals surface area contributed by atoms with E-state index in [2.05, 4.69) is 5.32 Å². The van der Waals surface area contributed by atoms with Crippen LogP contribution in [0.15, 0.2) is 48.5 Å². The summed E-state index contributed by atoms with van der Waals surface area (Å²) in [6, 6.07) is 14.0. The Morgan fingerprint density at radius 2 is 1.83 bits per heavy atom. The molecule has 3 rings (SSSR count). The molecule has 1 aliphatic carbocycles. The zero-order valence-corrected chi connectivity index (χ0v) is 12.7. The first-order valence-corrected chi connectivity index (χ1v) is 7.77. The molecule has 0 heterocycles. The number of fused-ring (bicyclic) bond motifs is 1. The average molecular weight is 311 g/mol. The smallest absolute Gasteiger partial charge is 0.223 e. The van der Waals surface area contributed by atoms with Gasteiger partial charge >= 0.3 is 0 Å². The first-order valence-electron chi connectivity index (χ1n) is 7.77. The van der Waals surface area contributed by atoms with E-state index in [4.69, 9.17) is 0 Å². The number of hydrogen-bond donors (Lipinski definition) is 1. The van der Waals surface area contributed by atoms with Crippen LogP contribution in [-0.4, -0.2) is 18.2 Å². The van der Waals surface area contributed by atoms with Gasteiger partial charge in [0.15, 0.2) is 5.78 Å². The molecule has 0 aliphatic heterocycles. The van der Waals surface area contributed by atoms with Crippen LogP contribution in [0.2, 0.25) is 0 Å². The van der Waals surface area contributed by atoms with Crippen LogP contribution in [0.25, 0.3) is 0 Å². The standard InChI is InChI=1S/C19H18FNO2/c20-17-8-4-2-5-13(17)9-10-21-19(23)15-11-14-6-1-3-7-16(14)18(22)12-15/h1-8,15H,9-12H2,(H,21,23). The van der Waals surface area contributed by atoms with E-state index in [0.29, 0.717) is 24.9 Å². The first kappa shape index (κ1) is 15.4. The van der Waals surface area contributed by atoms with Crippen molar-refractivity contribution in [2.45, 2.75) is 19.3 Å². The number of rotatable bonds is 4. The molecule has 0 saturated carbocycles. The number of Topliss-reactive ketones (excluding diaryl/α,β-unsaturated/α-hetero) is 1. The third-order valence-corrected chi connectivity index (χ3v) is 4.24. The molecule has 0 saturated heterocycles. The van der Waals surface area contributed by atoms with Crippen molar-refractivity contribution in [2.24, 2.45) is 5.92 Å². The molecule has 23 heavy (non-hydrogen) atoms. The fourth-order valence-corrected chi connectivity index (χ4v) is 2.99. The fourth-order valence-electron chi connectivity index (χ4n) is 2.99. The van der Waals surface area contributed by atoms with E-state index >= 15 is 0 Å². The van der Waals surface area contributed by atoms with Gasteiger partial charge < -0.3 is 5.32 Å². The number of carbonyl (C=O) groups excluding carboxylic acids is 2. The highest BCUT2D eigenvalue weighted by Crippen LogP contribution is 2.25. The number of halogens is 1. The Morgan fingerprint density at radius 1 is 1.09 bits per heavy atom. The molecule has 2 aromatic carbocycles. The van der Waals surface area contributed by atoms with E-state index in [9.17, 15) is 14.0 Å². The Morgan fingerprint density at radius 3 is 2.65 bits per heavy atom. The highest BCUT2D eigenvalue weighted by Gasteiger charge is 2.29. The van der Waals surface area contributed by atoms with Crippen LogP contribution in [0.5, 0.6) is 0 Å². The summed E-state index contributed by atoms with van der Waals surface area (Å²) >= 11 is 0. The molecule has 2 aromatic rings. The molecule has 0 fully saturated rings. The summed E-state index contributed by atoms with van der Waals surface area (Å²) in [6.07, 6.45) is 1.26. The molecule has 0 spiro atoms. The predicted molar refractivity (Wildman–Crippen MR) is 85.7 cm³/mol. The van der Waals surface area contributed by atoms with Crippen LogP contribution < -0.4 is 5.32 Å². The largest absolute Gasteiger partial charge is 0.356 e. The van der Waals surface area contributed by atoms with Crippen molar-refractivity contribution >= 4 is 11.7 Å². The van der Waals surface area contributed by atoms with Crippen molar-refractivity contribution in [3.63, 3.8) is 0 Å². The minimum Gasteiger partial charge on any atom is -0.356 e. The number of hydrogen-bond acceptors (Lipinski definition) is 2. The van der Waals surface area contributed by atoms with E-state index in [-0.39, 0.29) is 29.8 Å². The average Bonchev–Trinajstić information content (AvgIpc) is 2.56. The minimum atomic E-state index is -0.335. The van der Waals surface area contributed by atoms with Crippen molar-refractivity contribution in [3.8, 4) is 0 Å². The quantitative estimate of drug-likeness (QED) is 0.943. The molecule has 1 aliphatic rings. The molecule has 0 aromatic heterocycles. The Hall–Kier alpha value is -2.49. The highest BCUT2D eigenvalue weighted by molar-refractivity contribution is 6.01. The van der Waals surface area contributed by atoms with E-state index < -0.39 is 0 Å². The summed E-state index contributed by atoms with van der Waals surface area (Å²) in [4.78, 5) is 24.4. The lowest BCUT2D eigenvalue weighted by Crippen LogP contribution is -2.36. The summed E-state index contributed by atoms with van der Waals surface area (Å²) in [7, 11) is 0. The predicted octanol–water partition coefficient (Wildman–Crippen LogP) is 2.93. The van der Waals surface area contributed by atoms with Gasteiger partial charge in [0.1, 0.15) is 5.82 Å². The summed E-state index contributed by atoms with van der Waals surface area (Å²) in [5, 5.41) is 2.82. The third-order valence-electron chi connectivity index (χ3n) is 4.24. The van der Waals surface area contributed by atoms with Gasteiger partial charge in [-0.1, -0.05) is 42.5 Å². The van der Waals surface area contributed by atoms with E-state index in [0.717, 1.165) is 11.1 Å². The van der Waals surface area contributed by atoms with Gasteiger partial charge in [-0.05, 0) is 30.0 Å². The molecular weight excluding hydrogens is 293 g/mol. The van der Waals surface area contributed by atoms with Gasteiger partial charge in [0.25, 0.3) is 0 Å². The Balaban J connectivity index is 1.57. The molecule has 1 atom stereocenters. The van der Waals surface area contributed by atoms with Gasteiger partial charge in [-0.2, -0.15) is 0 Å². The van der Waals surface area contributed by atoms with Crippen LogP contribution in [0, 0.1) is 11.7 Å². The third kappa shape index (κ3) is 3.47.